The van der Waals surface area contributed by atoms with Gasteiger partial charge in [0.15, 0.2) is 5.65 Å². The first kappa shape index (κ1) is 16.3. The summed E-state index contributed by atoms with van der Waals surface area (Å²) in [5.74, 6) is 1.69. The van der Waals surface area contributed by atoms with Crippen LogP contribution in [0.3, 0.4) is 0 Å². The molecule has 2 N–H and O–H groups in total. The molecular formula is C18H23N5O2S. The molecule has 0 unspecified atom stereocenters. The molecule has 0 aromatic carbocycles. The Morgan fingerprint density at radius 3 is 2.85 bits per heavy atom. The quantitative estimate of drug-likeness (QED) is 0.719. The predicted molar refractivity (Wildman–Crippen MR) is 99.5 cm³/mol. The maximum atomic E-state index is 12.3. The van der Waals surface area contributed by atoms with Gasteiger partial charge in [-0.05, 0) is 37.7 Å². The fraction of sp³-hybridized carbons (Fsp3) is 0.556. The summed E-state index contributed by atoms with van der Waals surface area (Å²) < 4.78 is 29.8. The Bertz CT molecular complexity index is 1070. The molecule has 0 radical (unpaired) electrons. The molecule has 26 heavy (non-hydrogen) atoms. The Hall–Kier alpha value is -1.93. The lowest BCUT2D eigenvalue weighted by Gasteiger charge is -2.17. The van der Waals surface area contributed by atoms with Crippen LogP contribution in [0, 0.1) is 5.92 Å². The SMILES string of the molecule is CC[C@@H]1C[C@H](NS(=O)(=O)C2CC2)C[C@H]1c1ncc2cnc3[nH]ccc3n12. The summed E-state index contributed by atoms with van der Waals surface area (Å²) in [6, 6.07) is 2.02. The number of hydrogen-bond acceptors (Lipinski definition) is 4. The Balaban J connectivity index is 1.50. The molecule has 2 aliphatic carbocycles. The van der Waals surface area contributed by atoms with E-state index in [1.807, 2.05) is 24.7 Å². The highest BCUT2D eigenvalue weighted by atomic mass is 32.2. The molecule has 5 rings (SSSR count). The van der Waals surface area contributed by atoms with Crippen molar-refractivity contribution in [2.24, 2.45) is 5.92 Å². The zero-order valence-corrected chi connectivity index (χ0v) is 15.5. The van der Waals surface area contributed by atoms with E-state index in [4.69, 9.17) is 4.98 Å². The average Bonchev–Trinajstić information content (AvgIpc) is 3.06. The van der Waals surface area contributed by atoms with Crippen molar-refractivity contribution in [3.05, 3.63) is 30.5 Å². The molecule has 2 aliphatic rings. The third kappa shape index (κ3) is 2.54. The summed E-state index contributed by atoms with van der Waals surface area (Å²) >= 11 is 0. The molecule has 8 heteroatoms. The minimum absolute atomic E-state index is 0.00597. The van der Waals surface area contributed by atoms with Gasteiger partial charge in [0.2, 0.25) is 10.0 Å². The second-order valence-corrected chi connectivity index (χ2v) is 9.64. The largest absolute Gasteiger partial charge is 0.345 e. The molecule has 2 fully saturated rings. The van der Waals surface area contributed by atoms with E-state index in [0.717, 1.165) is 54.6 Å². The minimum Gasteiger partial charge on any atom is -0.345 e. The Morgan fingerprint density at radius 2 is 2.08 bits per heavy atom. The van der Waals surface area contributed by atoms with Crippen molar-refractivity contribution in [3.8, 4) is 0 Å². The van der Waals surface area contributed by atoms with Gasteiger partial charge in [-0.15, -0.1) is 0 Å². The topological polar surface area (TPSA) is 92.2 Å². The second kappa shape index (κ2) is 5.79. The lowest BCUT2D eigenvalue weighted by molar-refractivity contribution is 0.450. The summed E-state index contributed by atoms with van der Waals surface area (Å²) in [4.78, 5) is 12.3. The highest BCUT2D eigenvalue weighted by Gasteiger charge is 2.42. The van der Waals surface area contributed by atoms with Crippen LogP contribution in [0.4, 0.5) is 0 Å². The number of fused-ring (bicyclic) bond motifs is 3. The first-order valence-corrected chi connectivity index (χ1v) is 10.9. The van der Waals surface area contributed by atoms with E-state index < -0.39 is 10.0 Å². The van der Waals surface area contributed by atoms with Gasteiger partial charge in [0.25, 0.3) is 0 Å². The Morgan fingerprint density at radius 1 is 1.27 bits per heavy atom. The van der Waals surface area contributed by atoms with Crippen LogP contribution in [0.1, 0.15) is 50.8 Å². The van der Waals surface area contributed by atoms with Gasteiger partial charge >= 0.3 is 0 Å². The normalized spacial score (nSPS) is 26.9. The van der Waals surface area contributed by atoms with Crippen molar-refractivity contribution < 1.29 is 8.42 Å². The van der Waals surface area contributed by atoms with E-state index in [-0.39, 0.29) is 17.2 Å². The van der Waals surface area contributed by atoms with Gasteiger partial charge in [-0.1, -0.05) is 13.3 Å². The standard InChI is InChI=1S/C18H23N5O2S/c1-2-11-7-12(22-26(24,25)14-3-4-14)8-15(11)18-21-10-13-9-20-17-16(23(13)18)5-6-19-17/h5-6,9-12,14-15,19,22H,2-4,7-8H2,1H3/t11-,12+,15-/m1/s1. The number of rotatable bonds is 5. The molecule has 3 atom stereocenters. The van der Waals surface area contributed by atoms with Crippen molar-refractivity contribution in [3.63, 3.8) is 0 Å². The minimum atomic E-state index is -3.15. The van der Waals surface area contributed by atoms with Crippen LogP contribution in [0.25, 0.3) is 16.7 Å². The van der Waals surface area contributed by atoms with Crippen molar-refractivity contribution >= 4 is 26.7 Å². The van der Waals surface area contributed by atoms with Crippen molar-refractivity contribution in [2.75, 3.05) is 0 Å². The fourth-order valence-electron chi connectivity index (χ4n) is 4.46. The van der Waals surface area contributed by atoms with E-state index >= 15 is 0 Å². The molecule has 3 aromatic rings. The Labute approximate surface area is 152 Å². The molecule has 3 aromatic heterocycles. The number of nitrogens with one attached hydrogen (secondary N) is 2. The zero-order valence-electron chi connectivity index (χ0n) is 14.7. The first-order valence-electron chi connectivity index (χ1n) is 9.37. The molecular weight excluding hydrogens is 350 g/mol. The van der Waals surface area contributed by atoms with Crippen molar-refractivity contribution in [1.82, 2.24) is 24.1 Å². The molecule has 0 bridgehead atoms. The number of nitrogens with zero attached hydrogens (tertiary/aromatic N) is 3. The molecule has 7 nitrogen and oxygen atoms in total. The van der Waals surface area contributed by atoms with E-state index in [2.05, 4.69) is 26.0 Å². The Kier molecular flexibility index (Phi) is 3.62. The van der Waals surface area contributed by atoms with Crippen LogP contribution < -0.4 is 4.72 Å². The molecule has 138 valence electrons. The second-order valence-electron chi connectivity index (χ2n) is 7.65. The van der Waals surface area contributed by atoms with E-state index in [1.54, 1.807) is 0 Å². The van der Waals surface area contributed by atoms with Gasteiger partial charge in [-0.2, -0.15) is 0 Å². The van der Waals surface area contributed by atoms with E-state index in [0.29, 0.717) is 5.92 Å². The smallest absolute Gasteiger partial charge is 0.214 e. The van der Waals surface area contributed by atoms with Gasteiger partial charge in [0, 0.05) is 18.2 Å². The van der Waals surface area contributed by atoms with Gasteiger partial charge in [-0.25, -0.2) is 23.1 Å². The zero-order chi connectivity index (χ0) is 17.9. The molecule has 0 aliphatic heterocycles. The monoisotopic (exact) mass is 373 g/mol. The van der Waals surface area contributed by atoms with E-state index in [9.17, 15) is 8.42 Å². The van der Waals surface area contributed by atoms with Gasteiger partial charge in [0.1, 0.15) is 5.82 Å². The van der Waals surface area contributed by atoms with Crippen LogP contribution >= 0.6 is 0 Å². The molecule has 0 saturated heterocycles. The van der Waals surface area contributed by atoms with Gasteiger partial charge in [-0.3, -0.25) is 4.40 Å². The molecule has 2 saturated carbocycles. The summed E-state index contributed by atoms with van der Waals surface area (Å²) in [5.41, 5.74) is 2.84. The summed E-state index contributed by atoms with van der Waals surface area (Å²) in [6.45, 7) is 2.18. The van der Waals surface area contributed by atoms with Crippen LogP contribution in [-0.2, 0) is 10.0 Å². The number of aromatic nitrogens is 4. The number of aromatic amines is 1. The number of imidazole rings is 1. The first-order chi connectivity index (χ1) is 12.6. The number of H-pyrrole nitrogens is 1. The lowest BCUT2D eigenvalue weighted by Crippen LogP contribution is -2.35. The van der Waals surface area contributed by atoms with Crippen LogP contribution in [-0.4, -0.2) is 39.1 Å². The van der Waals surface area contributed by atoms with Crippen LogP contribution in [0.15, 0.2) is 24.7 Å². The van der Waals surface area contributed by atoms with Crippen LogP contribution in [0.2, 0.25) is 0 Å². The predicted octanol–water partition coefficient (Wildman–Crippen LogP) is 2.56. The fourth-order valence-corrected chi connectivity index (χ4v) is 6.06. The highest BCUT2D eigenvalue weighted by molar-refractivity contribution is 7.90. The van der Waals surface area contributed by atoms with Crippen molar-refractivity contribution in [1.29, 1.82) is 0 Å². The lowest BCUT2D eigenvalue weighted by atomic mass is 9.93. The van der Waals surface area contributed by atoms with Gasteiger partial charge in [0.05, 0.1) is 28.7 Å². The summed E-state index contributed by atoms with van der Waals surface area (Å²) in [7, 11) is -3.15. The van der Waals surface area contributed by atoms with Gasteiger partial charge < -0.3 is 4.98 Å². The third-order valence-electron chi connectivity index (χ3n) is 5.93. The summed E-state index contributed by atoms with van der Waals surface area (Å²) in [6.07, 6.45) is 9.88. The van der Waals surface area contributed by atoms with E-state index in [1.165, 1.54) is 0 Å². The maximum Gasteiger partial charge on any atom is 0.214 e. The molecule has 0 spiro atoms. The average molecular weight is 373 g/mol. The molecule has 3 heterocycles. The number of hydrogen-bond donors (Lipinski definition) is 2. The highest BCUT2D eigenvalue weighted by Crippen LogP contribution is 2.42. The maximum absolute atomic E-state index is 12.3. The summed E-state index contributed by atoms with van der Waals surface area (Å²) in [5, 5.41) is -0.167. The molecule has 0 amide bonds. The third-order valence-corrected chi connectivity index (χ3v) is 7.94. The number of sulfonamides is 1. The van der Waals surface area contributed by atoms with Crippen LogP contribution in [0.5, 0.6) is 0 Å². The van der Waals surface area contributed by atoms with Crippen molar-refractivity contribution in [2.45, 2.75) is 56.2 Å².